The number of phenols is 3. The summed E-state index contributed by atoms with van der Waals surface area (Å²) in [5.41, 5.74) is 16.1. The molecule has 0 saturated carbocycles. The maximum absolute atomic E-state index is 12.6. The van der Waals surface area contributed by atoms with Gasteiger partial charge in [-0.2, -0.15) is 0 Å². The zero-order chi connectivity index (χ0) is 25.0. The number of carbonyl (C=O) groups excluding carboxylic acids is 3. The van der Waals surface area contributed by atoms with Gasteiger partial charge in [0.15, 0.2) is 0 Å². The fourth-order valence-corrected chi connectivity index (χ4v) is 5.73. The van der Waals surface area contributed by atoms with Crippen molar-refractivity contribution >= 4 is 58.0 Å². The van der Waals surface area contributed by atoms with E-state index in [2.05, 4.69) is 0 Å². The van der Waals surface area contributed by atoms with Crippen LogP contribution < -0.4 is 17.2 Å². The quantitative estimate of drug-likeness (QED) is 0.163. The van der Waals surface area contributed by atoms with Crippen LogP contribution in [-0.4, -0.2) is 56.3 Å². The molecule has 3 aromatic rings. The second-order valence-corrected chi connectivity index (χ2v) is 10.6. The maximum atomic E-state index is 12.6. The Bertz CT molecular complexity index is 1130. The van der Waals surface area contributed by atoms with Gasteiger partial charge < -0.3 is 0 Å². The first-order valence-electron chi connectivity index (χ1n) is 9.27. The Hall–Kier alpha value is -4.25. The second-order valence-electron chi connectivity index (χ2n) is 6.69. The third-order valence-electron chi connectivity index (χ3n) is 4.20. The molecule has 0 aliphatic rings. The molecule has 13 heteroatoms. The number of anilines is 3. The minimum atomic E-state index is -4.78. The van der Waals surface area contributed by atoms with Crippen LogP contribution in [0.3, 0.4) is 0 Å². The summed E-state index contributed by atoms with van der Waals surface area (Å²) in [6.07, 6.45) is 0. The molecule has 3 rings (SSSR count). The van der Waals surface area contributed by atoms with Crippen LogP contribution in [0.5, 0.6) is 17.2 Å². The van der Waals surface area contributed by atoms with Crippen LogP contribution in [0.4, 0.5) is 17.1 Å². The molecule has 0 amide bonds. The van der Waals surface area contributed by atoms with Gasteiger partial charge >= 0.3 is 202 Å². The fraction of sp³-hybridized carbons (Fsp3) is 0. The van der Waals surface area contributed by atoms with E-state index in [-0.39, 0.29) is 33.8 Å². The van der Waals surface area contributed by atoms with Gasteiger partial charge in [-0.25, -0.2) is 0 Å². The summed E-state index contributed by atoms with van der Waals surface area (Å²) < 4.78 is 15.4. The molecule has 0 bridgehead atoms. The number of phenolic OH excluding ortho intramolecular Hbond substituents is 3. The van der Waals surface area contributed by atoms with Gasteiger partial charge in [0, 0.05) is 0 Å². The van der Waals surface area contributed by atoms with Crippen molar-refractivity contribution in [2.24, 2.45) is 0 Å². The third-order valence-corrected chi connectivity index (χ3v) is 7.87. The zero-order valence-electron chi connectivity index (χ0n) is 17.2. The molecule has 0 aromatic heterocycles. The summed E-state index contributed by atoms with van der Waals surface area (Å²) in [5.74, 6) is -5.01. The first-order chi connectivity index (χ1) is 16.0. The van der Waals surface area contributed by atoms with E-state index < -0.39 is 58.2 Å². The van der Waals surface area contributed by atoms with Crippen LogP contribution in [0.15, 0.2) is 54.6 Å². The Morgan fingerprint density at radius 2 is 0.824 bits per heavy atom. The number of carbonyl (C=O) groups is 3. The van der Waals surface area contributed by atoms with Gasteiger partial charge in [0.1, 0.15) is 0 Å². The molecule has 0 atom stereocenters. The van der Waals surface area contributed by atoms with Gasteiger partial charge in [-0.15, -0.1) is 0 Å². The Kier molecular flexibility index (Phi) is 7.27. The van der Waals surface area contributed by atoms with Gasteiger partial charge in [0.2, 0.25) is 0 Å². The Morgan fingerprint density at radius 1 is 0.559 bits per heavy atom. The standard InChI is InChI=1S/3C7H7NO3.Bi/c3*8-4-1-2-5(7(10)11)6(9)3-4;/h3*1-3,9H,8H2,(H,10,11);/q;;;+3/p-3. The Morgan fingerprint density at radius 3 is 1.06 bits per heavy atom. The molecule has 0 heterocycles. The topological polar surface area (TPSA) is 218 Å². The van der Waals surface area contributed by atoms with Crippen molar-refractivity contribution in [3.63, 3.8) is 0 Å². The molecule has 0 saturated heterocycles. The molecule has 0 spiro atoms. The SMILES string of the molecule is Nc1ccc(C(=O)[O][Bi]([O]C(=O)c2ccc(N)cc2O)[O]C(=O)c2ccc(N)cc2O)c(O)c1. The summed E-state index contributed by atoms with van der Waals surface area (Å²) in [6, 6.07) is 10.7. The molecular weight excluding hydrogens is 647 g/mol. The molecule has 12 nitrogen and oxygen atoms in total. The number of benzene rings is 3. The first-order valence-corrected chi connectivity index (χ1v) is 13.5. The summed E-state index contributed by atoms with van der Waals surface area (Å²) in [6.45, 7) is 0. The summed E-state index contributed by atoms with van der Waals surface area (Å²) >= 11 is -4.78. The van der Waals surface area contributed by atoms with E-state index in [4.69, 9.17) is 25.6 Å². The van der Waals surface area contributed by atoms with E-state index in [1.165, 1.54) is 18.2 Å². The van der Waals surface area contributed by atoms with Crippen molar-refractivity contribution in [2.45, 2.75) is 0 Å². The first kappa shape index (κ1) is 24.4. The van der Waals surface area contributed by atoms with E-state index in [0.717, 1.165) is 36.4 Å². The van der Waals surface area contributed by atoms with Crippen molar-refractivity contribution < 1.29 is 38.1 Å². The average Bonchev–Trinajstić information content (AvgIpc) is 2.73. The van der Waals surface area contributed by atoms with Crippen molar-refractivity contribution in [3.8, 4) is 17.2 Å². The van der Waals surface area contributed by atoms with Gasteiger partial charge in [0.05, 0.1) is 0 Å². The van der Waals surface area contributed by atoms with Gasteiger partial charge in [-0.3, -0.25) is 0 Å². The summed E-state index contributed by atoms with van der Waals surface area (Å²) in [4.78, 5) is 37.7. The van der Waals surface area contributed by atoms with E-state index in [1.807, 2.05) is 0 Å². The normalized spacial score (nSPS) is 10.5. The van der Waals surface area contributed by atoms with Crippen LogP contribution in [0.2, 0.25) is 0 Å². The van der Waals surface area contributed by atoms with Crippen molar-refractivity contribution in [2.75, 3.05) is 17.2 Å². The van der Waals surface area contributed by atoms with Gasteiger partial charge in [0.25, 0.3) is 0 Å². The van der Waals surface area contributed by atoms with Crippen LogP contribution in [-0.2, 0) is 8.44 Å². The summed E-state index contributed by atoms with van der Waals surface area (Å²) in [5, 5.41) is 29.9. The van der Waals surface area contributed by atoms with Crippen LogP contribution in [0, 0.1) is 0 Å². The Balaban J connectivity index is 1.87. The minimum absolute atomic E-state index is 0.170. The van der Waals surface area contributed by atoms with E-state index in [9.17, 15) is 29.7 Å². The van der Waals surface area contributed by atoms with Crippen LogP contribution in [0.25, 0.3) is 0 Å². The molecular formula is C21H18BiN3O9. The fourth-order valence-electron chi connectivity index (χ4n) is 2.57. The number of nitrogen functional groups attached to an aromatic ring is 3. The molecule has 0 aliphatic heterocycles. The predicted molar refractivity (Wildman–Crippen MR) is 120 cm³/mol. The van der Waals surface area contributed by atoms with E-state index in [0.29, 0.717) is 0 Å². The van der Waals surface area contributed by atoms with Gasteiger partial charge in [-0.1, -0.05) is 0 Å². The number of rotatable bonds is 6. The zero-order valence-corrected chi connectivity index (χ0v) is 20.6. The second kappa shape index (κ2) is 10.1. The molecule has 3 aromatic carbocycles. The Labute approximate surface area is 201 Å². The monoisotopic (exact) mass is 665 g/mol. The molecule has 0 unspecified atom stereocenters. The average molecular weight is 665 g/mol. The number of hydrogen-bond donors (Lipinski definition) is 6. The molecule has 9 N–H and O–H groups in total. The molecule has 0 radical (unpaired) electrons. The molecule has 0 aliphatic carbocycles. The van der Waals surface area contributed by atoms with Crippen LogP contribution >= 0.6 is 0 Å². The number of aromatic hydroxyl groups is 3. The molecule has 176 valence electrons. The predicted octanol–water partition coefficient (Wildman–Crippen LogP) is 1.41. The van der Waals surface area contributed by atoms with E-state index >= 15 is 0 Å². The summed E-state index contributed by atoms with van der Waals surface area (Å²) in [7, 11) is 0. The van der Waals surface area contributed by atoms with Crippen molar-refractivity contribution in [1.82, 2.24) is 0 Å². The van der Waals surface area contributed by atoms with E-state index in [1.54, 1.807) is 0 Å². The van der Waals surface area contributed by atoms with Crippen molar-refractivity contribution in [1.29, 1.82) is 0 Å². The third kappa shape index (κ3) is 5.75. The van der Waals surface area contributed by atoms with Crippen molar-refractivity contribution in [3.05, 3.63) is 71.3 Å². The number of hydrogen-bond acceptors (Lipinski definition) is 12. The van der Waals surface area contributed by atoms with Crippen LogP contribution in [0.1, 0.15) is 31.1 Å². The molecule has 34 heavy (non-hydrogen) atoms. The molecule has 0 fully saturated rings. The number of nitrogens with two attached hydrogens (primary N) is 3. The van der Waals surface area contributed by atoms with Gasteiger partial charge in [-0.05, 0) is 0 Å².